The smallest absolute Gasteiger partial charge is 0.216 e. The van der Waals surface area contributed by atoms with Gasteiger partial charge in [-0.25, -0.2) is 9.98 Å². The van der Waals surface area contributed by atoms with Gasteiger partial charge < -0.3 is 9.47 Å². The summed E-state index contributed by atoms with van der Waals surface area (Å²) in [7, 11) is 0. The predicted octanol–water partition coefficient (Wildman–Crippen LogP) is 4.20. The zero-order chi connectivity index (χ0) is 19.6. The lowest BCUT2D eigenvalue weighted by Crippen LogP contribution is -2.27. The molecule has 0 bridgehead atoms. The average Bonchev–Trinajstić information content (AvgIpc) is 3.50. The quantitative estimate of drug-likeness (QED) is 0.777. The Labute approximate surface area is 171 Å². The highest BCUT2D eigenvalue weighted by molar-refractivity contribution is 6.00. The molecule has 0 unspecified atom stereocenters. The molecule has 0 saturated heterocycles. The van der Waals surface area contributed by atoms with Gasteiger partial charge in [0.05, 0.1) is 12.1 Å². The highest BCUT2D eigenvalue weighted by Crippen LogP contribution is 2.54. The molecule has 2 aromatic rings. The standard InChI is InChI=1S/C25H26N2O2/c1-15-13-28-23(26-15)19-7-3-5-17-9-11-25(21(17)19)12-10-18-6-4-8-20(22(18)25)24-27-16(2)14-29-24/h3-8,15-16H,9-14H2,1-2H3/t15-,16-,25?/m0/s1. The van der Waals surface area contributed by atoms with E-state index in [1.54, 1.807) is 0 Å². The van der Waals surface area contributed by atoms with Crippen LogP contribution in [0.25, 0.3) is 0 Å². The van der Waals surface area contributed by atoms with Gasteiger partial charge in [0.15, 0.2) is 0 Å². The minimum atomic E-state index is 0.00721. The summed E-state index contributed by atoms with van der Waals surface area (Å²) in [6, 6.07) is 13.8. The highest BCUT2D eigenvalue weighted by Gasteiger charge is 2.48. The van der Waals surface area contributed by atoms with Crippen molar-refractivity contribution in [3.8, 4) is 0 Å². The topological polar surface area (TPSA) is 43.2 Å². The first kappa shape index (κ1) is 17.3. The van der Waals surface area contributed by atoms with Crippen molar-refractivity contribution in [3.63, 3.8) is 0 Å². The second-order valence-electron chi connectivity index (χ2n) is 8.95. The Hall–Kier alpha value is -2.62. The van der Waals surface area contributed by atoms with E-state index in [0.717, 1.165) is 37.5 Å². The van der Waals surface area contributed by atoms with Gasteiger partial charge >= 0.3 is 0 Å². The molecule has 2 heterocycles. The number of hydrogen-bond donors (Lipinski definition) is 0. The lowest BCUT2D eigenvalue weighted by molar-refractivity contribution is 0.323. The zero-order valence-electron chi connectivity index (χ0n) is 17.1. The molecule has 4 nitrogen and oxygen atoms in total. The van der Waals surface area contributed by atoms with Crippen LogP contribution in [0.4, 0.5) is 0 Å². The van der Waals surface area contributed by atoms with Crippen LogP contribution in [0.3, 0.4) is 0 Å². The van der Waals surface area contributed by atoms with Gasteiger partial charge in [-0.05, 0) is 73.9 Å². The Morgan fingerprint density at radius 1 is 0.759 bits per heavy atom. The molecule has 2 atom stereocenters. The zero-order valence-corrected chi connectivity index (χ0v) is 17.1. The molecule has 0 aromatic heterocycles. The fourth-order valence-corrected chi connectivity index (χ4v) is 5.79. The van der Waals surface area contributed by atoms with Crippen LogP contribution in [-0.2, 0) is 27.7 Å². The van der Waals surface area contributed by atoms with E-state index in [1.807, 2.05) is 0 Å². The van der Waals surface area contributed by atoms with Crippen LogP contribution < -0.4 is 0 Å². The SMILES string of the molecule is C[C@H]1COC(c2cccc3c2C2(CC3)CCc3cccc(C4=N[C@@H](C)CO4)c32)=N1. The van der Waals surface area contributed by atoms with Crippen LogP contribution in [0.5, 0.6) is 0 Å². The normalized spacial score (nSPS) is 26.0. The minimum Gasteiger partial charge on any atom is -0.475 e. The molecule has 0 N–H and O–H groups in total. The third-order valence-corrected chi connectivity index (χ3v) is 6.96. The fraction of sp³-hybridized carbons (Fsp3) is 0.440. The van der Waals surface area contributed by atoms with Gasteiger partial charge in [0.2, 0.25) is 11.8 Å². The van der Waals surface area contributed by atoms with E-state index in [0.29, 0.717) is 13.2 Å². The van der Waals surface area contributed by atoms with Crippen LogP contribution in [0.2, 0.25) is 0 Å². The van der Waals surface area contributed by atoms with E-state index in [4.69, 9.17) is 19.5 Å². The number of aryl methyl sites for hydroxylation is 2. The van der Waals surface area contributed by atoms with E-state index >= 15 is 0 Å². The summed E-state index contributed by atoms with van der Waals surface area (Å²) in [4.78, 5) is 9.61. The third kappa shape index (κ3) is 2.44. The van der Waals surface area contributed by atoms with E-state index in [9.17, 15) is 0 Å². The molecular weight excluding hydrogens is 360 g/mol. The van der Waals surface area contributed by atoms with Crippen molar-refractivity contribution in [2.75, 3.05) is 13.2 Å². The van der Waals surface area contributed by atoms with Gasteiger partial charge in [0.25, 0.3) is 0 Å². The van der Waals surface area contributed by atoms with Gasteiger partial charge in [-0.1, -0.05) is 24.3 Å². The molecule has 0 amide bonds. The van der Waals surface area contributed by atoms with Gasteiger partial charge in [-0.2, -0.15) is 0 Å². The maximum Gasteiger partial charge on any atom is 0.216 e. The maximum atomic E-state index is 6.01. The second kappa shape index (κ2) is 6.19. The number of aliphatic imine (C=N–C) groups is 2. The molecule has 0 radical (unpaired) electrons. The van der Waals surface area contributed by atoms with Crippen LogP contribution in [-0.4, -0.2) is 37.1 Å². The van der Waals surface area contributed by atoms with Crippen LogP contribution in [0, 0.1) is 0 Å². The lowest BCUT2D eigenvalue weighted by Gasteiger charge is -2.30. The van der Waals surface area contributed by atoms with Crippen LogP contribution >= 0.6 is 0 Å². The summed E-state index contributed by atoms with van der Waals surface area (Å²) in [6.45, 7) is 5.59. The number of fused-ring (bicyclic) bond motifs is 4. The van der Waals surface area contributed by atoms with Crippen molar-refractivity contribution in [3.05, 3.63) is 69.8 Å². The molecule has 2 aliphatic heterocycles. The third-order valence-electron chi connectivity index (χ3n) is 6.96. The van der Waals surface area contributed by atoms with Crippen LogP contribution in [0.15, 0.2) is 46.4 Å². The Balaban J connectivity index is 1.57. The van der Waals surface area contributed by atoms with Crippen molar-refractivity contribution in [1.29, 1.82) is 0 Å². The number of benzene rings is 2. The first-order chi connectivity index (χ1) is 14.2. The van der Waals surface area contributed by atoms with Crippen molar-refractivity contribution in [1.82, 2.24) is 0 Å². The van der Waals surface area contributed by atoms with Crippen molar-refractivity contribution in [2.24, 2.45) is 9.98 Å². The number of hydrogen-bond acceptors (Lipinski definition) is 4. The molecule has 1 spiro atoms. The molecule has 6 rings (SSSR count). The maximum absolute atomic E-state index is 6.01. The summed E-state index contributed by atoms with van der Waals surface area (Å²) in [5, 5.41) is 0. The molecule has 4 heteroatoms. The summed E-state index contributed by atoms with van der Waals surface area (Å²) in [5.74, 6) is 1.65. The molecule has 0 saturated carbocycles. The van der Waals surface area contributed by atoms with E-state index in [2.05, 4.69) is 50.2 Å². The molecule has 2 aromatic carbocycles. The summed E-state index contributed by atoms with van der Waals surface area (Å²) < 4.78 is 12.0. The Morgan fingerprint density at radius 2 is 1.24 bits per heavy atom. The van der Waals surface area contributed by atoms with Gasteiger partial charge in [-0.15, -0.1) is 0 Å². The average molecular weight is 386 g/mol. The predicted molar refractivity (Wildman–Crippen MR) is 114 cm³/mol. The highest BCUT2D eigenvalue weighted by atomic mass is 16.5. The summed E-state index contributed by atoms with van der Waals surface area (Å²) in [5.41, 5.74) is 8.14. The second-order valence-corrected chi connectivity index (χ2v) is 8.95. The minimum absolute atomic E-state index is 0.00721. The number of nitrogens with zero attached hydrogens (tertiary/aromatic N) is 2. The van der Waals surface area contributed by atoms with Crippen molar-refractivity contribution >= 4 is 11.8 Å². The molecule has 0 fully saturated rings. The largest absolute Gasteiger partial charge is 0.475 e. The first-order valence-corrected chi connectivity index (χ1v) is 10.8. The number of rotatable bonds is 2. The first-order valence-electron chi connectivity index (χ1n) is 10.8. The monoisotopic (exact) mass is 386 g/mol. The summed E-state index contributed by atoms with van der Waals surface area (Å²) >= 11 is 0. The number of ether oxygens (including phenoxy) is 2. The molecule has 148 valence electrons. The molecule has 4 aliphatic rings. The Morgan fingerprint density at radius 3 is 1.66 bits per heavy atom. The van der Waals surface area contributed by atoms with Gasteiger partial charge in [0.1, 0.15) is 13.2 Å². The molecular formula is C25H26N2O2. The van der Waals surface area contributed by atoms with Crippen molar-refractivity contribution in [2.45, 2.75) is 57.0 Å². The van der Waals surface area contributed by atoms with Gasteiger partial charge in [-0.3, -0.25) is 0 Å². The van der Waals surface area contributed by atoms with Crippen molar-refractivity contribution < 1.29 is 9.47 Å². The Bertz CT molecular complexity index is 983. The van der Waals surface area contributed by atoms with E-state index in [1.165, 1.54) is 33.4 Å². The van der Waals surface area contributed by atoms with Gasteiger partial charge in [0, 0.05) is 16.5 Å². The Kier molecular flexibility index (Phi) is 3.68. The summed E-state index contributed by atoms with van der Waals surface area (Å²) in [6.07, 6.45) is 4.47. The van der Waals surface area contributed by atoms with E-state index in [-0.39, 0.29) is 17.5 Å². The van der Waals surface area contributed by atoms with E-state index < -0.39 is 0 Å². The van der Waals surface area contributed by atoms with Crippen LogP contribution in [0.1, 0.15) is 60.1 Å². The lowest BCUT2D eigenvalue weighted by atomic mass is 9.73. The molecule has 29 heavy (non-hydrogen) atoms. The fourth-order valence-electron chi connectivity index (χ4n) is 5.79. The molecule has 2 aliphatic carbocycles.